The zero-order chi connectivity index (χ0) is 38.6. The number of aromatic nitrogens is 4. The number of halogens is 4. The number of benzene rings is 2. The topological polar surface area (TPSA) is 111 Å². The molecule has 1 N–H and O–H groups in total. The summed E-state index contributed by atoms with van der Waals surface area (Å²) in [5.74, 6) is 0.461. The Morgan fingerprint density at radius 3 is 2.45 bits per heavy atom. The first kappa shape index (κ1) is 37.3. The molecule has 8 rings (SSSR count). The number of anilines is 2. The number of ether oxygens (including phenoxy) is 2. The Morgan fingerprint density at radius 1 is 1.00 bits per heavy atom. The Balaban J connectivity index is 1.08. The summed E-state index contributed by atoms with van der Waals surface area (Å²) in [5, 5.41) is 8.02. The van der Waals surface area contributed by atoms with E-state index in [9.17, 15) is 18.4 Å². The second kappa shape index (κ2) is 14.5. The minimum Gasteiger partial charge on any atom is -0.481 e. The molecule has 3 aliphatic rings. The van der Waals surface area contributed by atoms with E-state index in [4.69, 9.17) is 37.7 Å². The van der Waals surface area contributed by atoms with Crippen LogP contribution in [0.3, 0.4) is 0 Å². The van der Waals surface area contributed by atoms with Crippen LogP contribution in [0.15, 0.2) is 59.5 Å². The van der Waals surface area contributed by atoms with E-state index in [1.54, 1.807) is 19.2 Å². The highest BCUT2D eigenvalue weighted by Gasteiger charge is 2.58. The number of rotatable bonds is 10. The van der Waals surface area contributed by atoms with Gasteiger partial charge in [-0.1, -0.05) is 53.5 Å². The molecule has 10 nitrogen and oxygen atoms in total. The lowest BCUT2D eigenvalue weighted by Crippen LogP contribution is -2.34. The van der Waals surface area contributed by atoms with Crippen LogP contribution in [0, 0.1) is 10.8 Å². The number of alkyl halides is 2. The van der Waals surface area contributed by atoms with E-state index >= 15 is 0 Å². The molecule has 0 saturated heterocycles. The predicted molar refractivity (Wildman–Crippen MR) is 208 cm³/mol. The van der Waals surface area contributed by atoms with Crippen molar-refractivity contribution in [3.05, 3.63) is 91.9 Å². The monoisotopic (exact) mass is 788 g/mol. The Morgan fingerprint density at radius 2 is 1.73 bits per heavy atom. The highest BCUT2D eigenvalue weighted by atomic mass is 35.5. The first-order valence-electron chi connectivity index (χ1n) is 18.3. The van der Waals surface area contributed by atoms with E-state index in [0.29, 0.717) is 39.0 Å². The van der Waals surface area contributed by atoms with Gasteiger partial charge in [-0.25, -0.2) is 23.4 Å². The van der Waals surface area contributed by atoms with Gasteiger partial charge in [-0.15, -0.1) is 0 Å². The number of methoxy groups -OCH3 is 2. The van der Waals surface area contributed by atoms with E-state index in [0.717, 1.165) is 86.5 Å². The number of aryl methyl sites for hydroxylation is 1. The maximum Gasteiger partial charge on any atom is 0.311 e. The molecule has 1 aliphatic heterocycles. The Bertz CT molecular complexity index is 2400. The average Bonchev–Trinajstić information content (AvgIpc) is 3.76. The van der Waals surface area contributed by atoms with E-state index in [1.807, 2.05) is 24.3 Å². The lowest BCUT2D eigenvalue weighted by Gasteiger charge is -2.33. The average molecular weight is 790 g/mol. The van der Waals surface area contributed by atoms with Gasteiger partial charge in [0.25, 0.3) is 12.0 Å². The SMILES string of the molecule is COC(=O)C12CCC(CCN3CCc4c(cc(-c5cccc(-c6cccc(Nc7nc(C(F)F)cc8cnn(C)c(=O)c78)c6Cl)c5Cl)nc4OC)C3)(CC1)C2. The van der Waals surface area contributed by atoms with Gasteiger partial charge in [0.2, 0.25) is 5.88 Å². The fourth-order valence-electron chi connectivity index (χ4n) is 9.03. The summed E-state index contributed by atoms with van der Waals surface area (Å²) in [4.78, 5) is 37.1. The molecular formula is C41H40Cl2F2N6O4. The lowest BCUT2D eigenvalue weighted by atomic mass is 9.80. The van der Waals surface area contributed by atoms with Crippen LogP contribution >= 0.6 is 23.2 Å². The van der Waals surface area contributed by atoms with Crippen molar-refractivity contribution in [2.45, 2.75) is 57.9 Å². The van der Waals surface area contributed by atoms with Gasteiger partial charge in [0.15, 0.2) is 0 Å². The van der Waals surface area contributed by atoms with E-state index in [2.05, 4.69) is 26.4 Å². The van der Waals surface area contributed by atoms with Gasteiger partial charge in [-0.3, -0.25) is 14.5 Å². The zero-order valence-electron chi connectivity index (χ0n) is 30.7. The minimum absolute atomic E-state index is 0.0459. The van der Waals surface area contributed by atoms with Crippen molar-refractivity contribution in [2.24, 2.45) is 17.9 Å². The number of nitrogens with zero attached hydrogens (tertiary/aromatic N) is 5. The van der Waals surface area contributed by atoms with Crippen molar-refractivity contribution in [1.29, 1.82) is 0 Å². The first-order chi connectivity index (χ1) is 26.4. The molecule has 0 amide bonds. The summed E-state index contributed by atoms with van der Waals surface area (Å²) < 4.78 is 39.8. The van der Waals surface area contributed by atoms with Crippen LogP contribution < -0.4 is 15.6 Å². The van der Waals surface area contributed by atoms with Gasteiger partial charge >= 0.3 is 5.97 Å². The van der Waals surface area contributed by atoms with Gasteiger partial charge in [-0.05, 0) is 80.7 Å². The van der Waals surface area contributed by atoms with Crippen LogP contribution in [0.5, 0.6) is 5.88 Å². The van der Waals surface area contributed by atoms with Gasteiger partial charge < -0.3 is 14.8 Å². The maximum absolute atomic E-state index is 13.8. The van der Waals surface area contributed by atoms with Crippen molar-refractivity contribution in [3.8, 4) is 28.3 Å². The third kappa shape index (κ3) is 6.61. The Kier molecular flexibility index (Phi) is 9.80. The van der Waals surface area contributed by atoms with Crippen LogP contribution in [0.1, 0.15) is 61.8 Å². The van der Waals surface area contributed by atoms with Gasteiger partial charge in [0.1, 0.15) is 11.5 Å². The fraction of sp³-hybridized carbons (Fsp3) is 0.390. The molecule has 5 aromatic rings. The highest BCUT2D eigenvalue weighted by Crippen LogP contribution is 2.63. The molecule has 2 bridgehead atoms. The number of carbonyl (C=O) groups is 1. The zero-order valence-corrected chi connectivity index (χ0v) is 32.2. The molecule has 2 aliphatic carbocycles. The number of hydrogen-bond acceptors (Lipinski definition) is 9. The lowest BCUT2D eigenvalue weighted by molar-refractivity contribution is -0.152. The normalized spacial score (nSPS) is 20.6. The van der Waals surface area contributed by atoms with Crippen molar-refractivity contribution in [2.75, 3.05) is 32.6 Å². The maximum atomic E-state index is 13.8. The Labute approximate surface area is 326 Å². The Hall–Kier alpha value is -4.65. The second-order valence-corrected chi connectivity index (χ2v) is 15.8. The number of nitrogens with one attached hydrogen (secondary N) is 1. The quantitative estimate of drug-likeness (QED) is 0.139. The summed E-state index contributed by atoms with van der Waals surface area (Å²) in [6.45, 7) is 2.58. The molecule has 2 fully saturated rings. The summed E-state index contributed by atoms with van der Waals surface area (Å²) in [6.07, 6.45) is 5.25. The molecule has 14 heteroatoms. The van der Waals surface area contributed by atoms with Gasteiger partial charge in [0, 0.05) is 47.8 Å². The van der Waals surface area contributed by atoms with Crippen molar-refractivity contribution in [1.82, 2.24) is 24.6 Å². The number of esters is 1. The third-order valence-electron chi connectivity index (χ3n) is 12.0. The highest BCUT2D eigenvalue weighted by molar-refractivity contribution is 6.39. The fourth-order valence-corrected chi connectivity index (χ4v) is 9.63. The molecular weight excluding hydrogens is 749 g/mol. The number of pyridine rings is 2. The molecule has 0 atom stereocenters. The molecule has 2 saturated carbocycles. The molecule has 0 radical (unpaired) electrons. The summed E-state index contributed by atoms with van der Waals surface area (Å²) in [6, 6.07) is 14.1. The number of hydrogen-bond donors (Lipinski definition) is 1. The van der Waals surface area contributed by atoms with Crippen LogP contribution in [0.4, 0.5) is 20.3 Å². The standard InChI is InChI=1S/C41H40Cl2F2N6O4/c1-50-38(52)32-23(20-46-50)18-31(35(44)45)48-36(32)47-29-9-5-7-27(34(29)43)26-6-4-8-28(33(26)42)30-19-24-21-51(16-10-25(24)37(49-30)54-2)17-15-40-11-13-41(22-40,14-12-40)39(53)55-3/h4-9,18-20,35H,10-17,21-22H2,1-3H3,(H,47,48). The number of carbonyl (C=O) groups excluding carboxylic acids is 1. The number of fused-ring (bicyclic) bond motifs is 4. The van der Waals surface area contributed by atoms with E-state index < -0.39 is 17.7 Å². The summed E-state index contributed by atoms with van der Waals surface area (Å²) >= 11 is 14.2. The largest absolute Gasteiger partial charge is 0.481 e. The van der Waals surface area contributed by atoms with Crippen LogP contribution in [-0.2, 0) is 29.5 Å². The molecule has 55 heavy (non-hydrogen) atoms. The molecule has 286 valence electrons. The smallest absolute Gasteiger partial charge is 0.311 e. The third-order valence-corrected chi connectivity index (χ3v) is 12.8. The van der Waals surface area contributed by atoms with Crippen molar-refractivity contribution < 1.29 is 23.0 Å². The van der Waals surface area contributed by atoms with Crippen LogP contribution in [0.2, 0.25) is 10.0 Å². The second-order valence-electron chi connectivity index (χ2n) is 15.1. The van der Waals surface area contributed by atoms with Gasteiger partial charge in [0.05, 0.1) is 52.6 Å². The minimum atomic E-state index is -2.87. The van der Waals surface area contributed by atoms with Crippen molar-refractivity contribution >= 4 is 51.4 Å². The first-order valence-corrected chi connectivity index (χ1v) is 19.1. The molecule has 0 unspecified atom stereocenters. The van der Waals surface area contributed by atoms with E-state index in [1.165, 1.54) is 20.4 Å². The molecule has 3 aromatic heterocycles. The molecule has 4 heterocycles. The van der Waals surface area contributed by atoms with Crippen LogP contribution in [-0.4, -0.2) is 57.9 Å². The van der Waals surface area contributed by atoms with E-state index in [-0.39, 0.29) is 38.4 Å². The predicted octanol–water partition coefficient (Wildman–Crippen LogP) is 8.93. The molecule has 0 spiro atoms. The van der Waals surface area contributed by atoms with Crippen LogP contribution in [0.25, 0.3) is 33.2 Å². The summed E-state index contributed by atoms with van der Waals surface area (Å²) in [7, 11) is 4.60. The van der Waals surface area contributed by atoms with Gasteiger partial charge in [-0.2, -0.15) is 5.10 Å². The summed E-state index contributed by atoms with van der Waals surface area (Å²) in [5.41, 5.74) is 4.02. The van der Waals surface area contributed by atoms with Crippen molar-refractivity contribution in [3.63, 3.8) is 0 Å². The molecule has 2 aromatic carbocycles.